The molecule has 1 rings (SSSR count). The monoisotopic (exact) mass is 196 g/mol. The third kappa shape index (κ3) is 3.86. The molecule has 0 saturated carbocycles. The van der Waals surface area contributed by atoms with Crippen LogP contribution < -0.4 is 5.43 Å². The van der Waals surface area contributed by atoms with Gasteiger partial charge in [-0.25, -0.2) is 5.43 Å². The van der Waals surface area contributed by atoms with E-state index in [1.54, 1.807) is 12.1 Å². The van der Waals surface area contributed by atoms with E-state index < -0.39 is 0 Å². The summed E-state index contributed by atoms with van der Waals surface area (Å²) in [5.74, 6) is 0.302. The lowest BCUT2D eigenvalue weighted by atomic mass is 10.5. The standard InChI is InChI=1S/C9H12N2O3/c1-2-13-7-9(12)11-10-6-8-4-3-5-14-8/h3-6H,2,7H2,1H3,(H,11,12)/b10-6+. The number of hydrazone groups is 1. The molecule has 0 bridgehead atoms. The Balaban J connectivity index is 2.23. The number of hydrogen-bond donors (Lipinski definition) is 1. The maximum Gasteiger partial charge on any atom is 0.266 e. The van der Waals surface area contributed by atoms with Gasteiger partial charge in [-0.1, -0.05) is 0 Å². The van der Waals surface area contributed by atoms with Crippen LogP contribution in [0.25, 0.3) is 0 Å². The molecule has 1 heterocycles. The van der Waals surface area contributed by atoms with E-state index in [9.17, 15) is 4.79 Å². The highest BCUT2D eigenvalue weighted by Gasteiger charge is 1.97. The molecule has 0 aliphatic rings. The minimum absolute atomic E-state index is 0.0198. The molecule has 0 spiro atoms. The molecule has 0 aliphatic heterocycles. The van der Waals surface area contributed by atoms with Crippen LogP contribution in [0.5, 0.6) is 0 Å². The van der Waals surface area contributed by atoms with Gasteiger partial charge in [0.2, 0.25) is 0 Å². The van der Waals surface area contributed by atoms with Crippen molar-refractivity contribution in [2.75, 3.05) is 13.2 Å². The number of hydrogen-bond acceptors (Lipinski definition) is 4. The van der Waals surface area contributed by atoms with Gasteiger partial charge in [0.1, 0.15) is 12.4 Å². The van der Waals surface area contributed by atoms with Gasteiger partial charge in [-0.05, 0) is 19.1 Å². The number of ether oxygens (including phenoxy) is 1. The summed E-state index contributed by atoms with van der Waals surface area (Å²) < 4.78 is 9.84. The smallest absolute Gasteiger partial charge is 0.266 e. The fourth-order valence-electron chi connectivity index (χ4n) is 0.760. The Morgan fingerprint density at radius 3 is 3.29 bits per heavy atom. The lowest BCUT2D eigenvalue weighted by Crippen LogP contribution is -2.22. The van der Waals surface area contributed by atoms with Crippen molar-refractivity contribution in [3.05, 3.63) is 24.2 Å². The second kappa shape index (κ2) is 5.93. The van der Waals surface area contributed by atoms with Crippen molar-refractivity contribution >= 4 is 12.1 Å². The molecule has 76 valence electrons. The zero-order chi connectivity index (χ0) is 10.2. The van der Waals surface area contributed by atoms with Crippen LogP contribution in [-0.4, -0.2) is 25.3 Å². The highest BCUT2D eigenvalue weighted by atomic mass is 16.5. The normalized spacial score (nSPS) is 10.6. The molecule has 0 fully saturated rings. The fraction of sp³-hybridized carbons (Fsp3) is 0.333. The first-order valence-electron chi connectivity index (χ1n) is 4.26. The quantitative estimate of drug-likeness (QED) is 0.558. The van der Waals surface area contributed by atoms with E-state index in [1.807, 2.05) is 6.92 Å². The summed E-state index contributed by atoms with van der Waals surface area (Å²) in [5.41, 5.74) is 2.30. The van der Waals surface area contributed by atoms with Gasteiger partial charge in [-0.2, -0.15) is 5.10 Å². The van der Waals surface area contributed by atoms with E-state index >= 15 is 0 Å². The van der Waals surface area contributed by atoms with Crippen LogP contribution >= 0.6 is 0 Å². The molecule has 0 aromatic carbocycles. The van der Waals surface area contributed by atoms with Gasteiger partial charge in [-0.15, -0.1) is 0 Å². The molecule has 0 atom stereocenters. The highest BCUT2D eigenvalue weighted by molar-refractivity contribution is 5.80. The number of rotatable bonds is 5. The highest BCUT2D eigenvalue weighted by Crippen LogP contribution is 1.94. The molecule has 5 heteroatoms. The minimum atomic E-state index is -0.283. The van der Waals surface area contributed by atoms with E-state index in [4.69, 9.17) is 9.15 Å². The SMILES string of the molecule is CCOCC(=O)N/N=C/c1ccco1. The van der Waals surface area contributed by atoms with E-state index in [2.05, 4.69) is 10.5 Å². The van der Waals surface area contributed by atoms with Gasteiger partial charge in [-0.3, -0.25) is 4.79 Å². The number of nitrogens with one attached hydrogen (secondary N) is 1. The Labute approximate surface area is 81.7 Å². The van der Waals surface area contributed by atoms with Gasteiger partial charge in [0.05, 0.1) is 12.5 Å². The second-order valence-corrected chi connectivity index (χ2v) is 2.45. The third-order valence-corrected chi connectivity index (χ3v) is 1.36. The number of carbonyl (C=O) groups is 1. The number of furan rings is 1. The van der Waals surface area contributed by atoms with E-state index in [-0.39, 0.29) is 12.5 Å². The molecular formula is C9H12N2O3. The molecule has 1 aromatic rings. The van der Waals surface area contributed by atoms with Crippen molar-refractivity contribution in [3.63, 3.8) is 0 Å². The molecule has 1 amide bonds. The van der Waals surface area contributed by atoms with Gasteiger partial charge in [0.15, 0.2) is 0 Å². The number of carbonyl (C=O) groups excluding carboxylic acids is 1. The molecule has 1 N–H and O–H groups in total. The Morgan fingerprint density at radius 1 is 1.79 bits per heavy atom. The first-order chi connectivity index (χ1) is 6.83. The Bertz CT molecular complexity index is 293. The van der Waals surface area contributed by atoms with Crippen LogP contribution in [-0.2, 0) is 9.53 Å². The molecule has 0 unspecified atom stereocenters. The van der Waals surface area contributed by atoms with Gasteiger partial charge in [0, 0.05) is 6.61 Å². The molecule has 1 aromatic heterocycles. The maximum absolute atomic E-state index is 10.9. The lowest BCUT2D eigenvalue weighted by Gasteiger charge is -1.98. The van der Waals surface area contributed by atoms with Crippen molar-refractivity contribution in [2.45, 2.75) is 6.92 Å². The number of amides is 1. The summed E-state index contributed by atoms with van der Waals surface area (Å²) in [6.45, 7) is 2.35. The summed E-state index contributed by atoms with van der Waals surface area (Å²) in [5, 5.41) is 3.67. The average molecular weight is 196 g/mol. The summed E-state index contributed by atoms with van der Waals surface area (Å²) >= 11 is 0. The Hall–Kier alpha value is -1.62. The van der Waals surface area contributed by atoms with E-state index in [0.29, 0.717) is 12.4 Å². The summed E-state index contributed by atoms with van der Waals surface area (Å²) in [4.78, 5) is 10.9. The molecule has 0 radical (unpaired) electrons. The minimum Gasteiger partial charge on any atom is -0.463 e. The fourth-order valence-corrected chi connectivity index (χ4v) is 0.760. The third-order valence-electron chi connectivity index (χ3n) is 1.36. The second-order valence-electron chi connectivity index (χ2n) is 2.45. The predicted octanol–water partition coefficient (Wildman–Crippen LogP) is 0.766. The largest absolute Gasteiger partial charge is 0.463 e. The van der Waals surface area contributed by atoms with Gasteiger partial charge < -0.3 is 9.15 Å². The predicted molar refractivity (Wildman–Crippen MR) is 50.9 cm³/mol. The van der Waals surface area contributed by atoms with Crippen molar-refractivity contribution < 1.29 is 13.9 Å². The topological polar surface area (TPSA) is 63.8 Å². The lowest BCUT2D eigenvalue weighted by molar-refractivity contribution is -0.125. The van der Waals surface area contributed by atoms with Gasteiger partial charge in [0.25, 0.3) is 5.91 Å². The summed E-state index contributed by atoms with van der Waals surface area (Å²) in [6.07, 6.45) is 2.95. The van der Waals surface area contributed by atoms with Crippen molar-refractivity contribution in [1.29, 1.82) is 0 Å². The molecule has 14 heavy (non-hydrogen) atoms. The molecule has 0 saturated heterocycles. The zero-order valence-corrected chi connectivity index (χ0v) is 7.90. The van der Waals surface area contributed by atoms with Crippen molar-refractivity contribution in [3.8, 4) is 0 Å². The number of nitrogens with zero attached hydrogens (tertiary/aromatic N) is 1. The molecule has 0 aliphatic carbocycles. The maximum atomic E-state index is 10.9. The molecular weight excluding hydrogens is 184 g/mol. The first kappa shape index (κ1) is 10.5. The van der Waals surface area contributed by atoms with E-state index in [0.717, 1.165) is 0 Å². The average Bonchev–Trinajstić information content (AvgIpc) is 2.67. The van der Waals surface area contributed by atoms with Crippen LogP contribution in [0.4, 0.5) is 0 Å². The summed E-state index contributed by atoms with van der Waals surface area (Å²) in [6, 6.07) is 3.47. The Kier molecular flexibility index (Phi) is 4.43. The first-order valence-corrected chi connectivity index (χ1v) is 4.26. The zero-order valence-electron chi connectivity index (χ0n) is 7.90. The van der Waals surface area contributed by atoms with Crippen LogP contribution in [0, 0.1) is 0 Å². The van der Waals surface area contributed by atoms with Crippen molar-refractivity contribution in [1.82, 2.24) is 5.43 Å². The van der Waals surface area contributed by atoms with Crippen LogP contribution in [0.1, 0.15) is 12.7 Å². The van der Waals surface area contributed by atoms with E-state index in [1.165, 1.54) is 12.5 Å². The molecule has 5 nitrogen and oxygen atoms in total. The van der Waals surface area contributed by atoms with Crippen molar-refractivity contribution in [2.24, 2.45) is 5.10 Å². The Morgan fingerprint density at radius 2 is 2.64 bits per heavy atom. The van der Waals surface area contributed by atoms with Crippen LogP contribution in [0.2, 0.25) is 0 Å². The summed E-state index contributed by atoms with van der Waals surface area (Å²) in [7, 11) is 0. The van der Waals surface area contributed by atoms with Crippen LogP contribution in [0.15, 0.2) is 27.9 Å². The van der Waals surface area contributed by atoms with Crippen LogP contribution in [0.3, 0.4) is 0 Å². The van der Waals surface area contributed by atoms with Gasteiger partial charge >= 0.3 is 0 Å².